The van der Waals surface area contributed by atoms with E-state index in [4.69, 9.17) is 0 Å². The van der Waals surface area contributed by atoms with Gasteiger partial charge in [0, 0.05) is 12.4 Å². The molecule has 2 aliphatic heterocycles. The Kier molecular flexibility index (Phi) is 0.818. The number of carbonyl (C=O) groups excluding carboxylic acids is 2. The summed E-state index contributed by atoms with van der Waals surface area (Å²) in [5.41, 5.74) is 0.463. The zero-order valence-electron chi connectivity index (χ0n) is 5.00. The minimum absolute atomic E-state index is 0.266. The highest BCUT2D eigenvalue weighted by atomic mass is 16.2. The molecule has 4 heteroatoms. The first-order valence-electron chi connectivity index (χ1n) is 2.87. The van der Waals surface area contributed by atoms with Crippen LogP contribution in [0.1, 0.15) is 0 Å². The Morgan fingerprint density at radius 2 is 2.30 bits per heavy atom. The summed E-state index contributed by atoms with van der Waals surface area (Å²) in [6.45, 7) is 0. The lowest BCUT2D eigenvalue weighted by atomic mass is 10.1. The van der Waals surface area contributed by atoms with Gasteiger partial charge in [-0.25, -0.2) is 0 Å². The number of hydrogen-bond donors (Lipinski definition) is 1. The van der Waals surface area contributed by atoms with Crippen LogP contribution in [0.3, 0.4) is 0 Å². The molecule has 0 bridgehead atoms. The quantitative estimate of drug-likeness (QED) is 0.444. The highest BCUT2D eigenvalue weighted by Crippen LogP contribution is 2.20. The van der Waals surface area contributed by atoms with Crippen LogP contribution >= 0.6 is 0 Å². The van der Waals surface area contributed by atoms with E-state index in [1.807, 2.05) is 0 Å². The highest BCUT2D eigenvalue weighted by Gasteiger charge is 2.36. The van der Waals surface area contributed by atoms with Crippen molar-refractivity contribution in [2.45, 2.75) is 0 Å². The van der Waals surface area contributed by atoms with Gasteiger partial charge in [0.15, 0.2) is 0 Å². The fourth-order valence-corrected chi connectivity index (χ4v) is 1.04. The minimum atomic E-state index is -0.410. The second-order valence-corrected chi connectivity index (χ2v) is 2.18. The number of hydrogen-bond acceptors (Lipinski definition) is 3. The van der Waals surface area contributed by atoms with Crippen molar-refractivity contribution < 1.29 is 9.59 Å². The molecule has 1 fully saturated rings. The van der Waals surface area contributed by atoms with Gasteiger partial charge in [-0.05, 0) is 0 Å². The highest BCUT2D eigenvalue weighted by molar-refractivity contribution is 6.21. The number of nitrogens with one attached hydrogen (secondary N) is 1. The van der Waals surface area contributed by atoms with Gasteiger partial charge in [0.25, 0.3) is 5.91 Å². The minimum Gasteiger partial charge on any atom is -0.292 e. The molecular weight excluding hydrogens is 132 g/mol. The molecule has 2 rings (SSSR count). The molecule has 0 spiro atoms. The van der Waals surface area contributed by atoms with Crippen LogP contribution in [0.5, 0.6) is 0 Å². The zero-order chi connectivity index (χ0) is 7.14. The van der Waals surface area contributed by atoms with Gasteiger partial charge in [0.05, 0.1) is 5.57 Å². The van der Waals surface area contributed by atoms with Gasteiger partial charge in [-0.1, -0.05) is 0 Å². The largest absolute Gasteiger partial charge is 0.292 e. The van der Waals surface area contributed by atoms with E-state index in [0.717, 1.165) is 0 Å². The van der Waals surface area contributed by atoms with Gasteiger partial charge in [-0.3, -0.25) is 19.9 Å². The van der Waals surface area contributed by atoms with Crippen molar-refractivity contribution in [3.05, 3.63) is 11.8 Å². The first-order chi connectivity index (χ1) is 4.79. The van der Waals surface area contributed by atoms with Crippen LogP contribution in [0.25, 0.3) is 0 Å². The summed E-state index contributed by atoms with van der Waals surface area (Å²) in [4.78, 5) is 25.3. The summed E-state index contributed by atoms with van der Waals surface area (Å²) < 4.78 is 0. The van der Waals surface area contributed by atoms with Crippen LogP contribution in [-0.2, 0) is 9.59 Å². The predicted molar refractivity (Wildman–Crippen MR) is 33.2 cm³/mol. The molecule has 0 saturated carbocycles. The van der Waals surface area contributed by atoms with Crippen LogP contribution in [0.15, 0.2) is 16.8 Å². The molecule has 0 aromatic carbocycles. The topological polar surface area (TPSA) is 58.5 Å². The average molecular weight is 136 g/mol. The Morgan fingerprint density at radius 1 is 1.50 bits per heavy atom. The molecule has 1 unspecified atom stereocenters. The molecule has 10 heavy (non-hydrogen) atoms. The third kappa shape index (κ3) is 0.478. The summed E-state index contributed by atoms with van der Waals surface area (Å²) in [7, 11) is 0. The van der Waals surface area contributed by atoms with E-state index >= 15 is 0 Å². The van der Waals surface area contributed by atoms with Gasteiger partial charge in [-0.2, -0.15) is 0 Å². The van der Waals surface area contributed by atoms with Crippen LogP contribution in [0, 0.1) is 5.92 Å². The molecule has 0 aromatic heterocycles. The molecule has 1 saturated heterocycles. The molecule has 0 radical (unpaired) electrons. The van der Waals surface area contributed by atoms with E-state index in [9.17, 15) is 9.59 Å². The molecule has 2 heterocycles. The smallest absolute Gasteiger partial charge is 0.256 e. The van der Waals surface area contributed by atoms with Crippen molar-refractivity contribution in [1.29, 1.82) is 0 Å². The standard InChI is InChI=1S/C6H4N2O2/c9-5-3-1-7-2-4(3)6(10)8-5/h1-3H,(H,8,9,10). The summed E-state index contributed by atoms with van der Waals surface area (Å²) in [6, 6.07) is 0. The third-order valence-corrected chi connectivity index (χ3v) is 1.57. The van der Waals surface area contributed by atoms with E-state index in [2.05, 4.69) is 10.3 Å². The van der Waals surface area contributed by atoms with Crippen LogP contribution < -0.4 is 5.32 Å². The van der Waals surface area contributed by atoms with E-state index in [1.54, 1.807) is 0 Å². The number of aliphatic imine (C=N–C) groups is 1. The Labute approximate surface area is 56.6 Å². The van der Waals surface area contributed by atoms with Crippen molar-refractivity contribution in [1.82, 2.24) is 5.32 Å². The van der Waals surface area contributed by atoms with Crippen molar-refractivity contribution in [2.75, 3.05) is 0 Å². The molecule has 4 nitrogen and oxygen atoms in total. The van der Waals surface area contributed by atoms with E-state index in [0.29, 0.717) is 5.57 Å². The number of nitrogens with zero attached hydrogens (tertiary/aromatic N) is 1. The Morgan fingerprint density at radius 3 is 3.00 bits per heavy atom. The molecular formula is C6H4N2O2. The van der Waals surface area contributed by atoms with Gasteiger partial charge >= 0.3 is 0 Å². The van der Waals surface area contributed by atoms with Gasteiger partial charge in [0.1, 0.15) is 5.92 Å². The maximum absolute atomic E-state index is 10.8. The Bertz CT molecular complexity index is 277. The summed E-state index contributed by atoms with van der Waals surface area (Å²) in [6.07, 6.45) is 2.89. The average Bonchev–Trinajstić information content (AvgIpc) is 2.39. The van der Waals surface area contributed by atoms with Crippen LogP contribution in [0.4, 0.5) is 0 Å². The SMILES string of the molecule is O=C1NC(=O)C2C=NC=C12. The maximum Gasteiger partial charge on any atom is 0.256 e. The predicted octanol–water partition coefficient (Wildman–Crippen LogP) is -0.773. The summed E-state index contributed by atoms with van der Waals surface area (Å²) >= 11 is 0. The number of fused-ring (bicyclic) bond motifs is 1. The molecule has 2 amide bonds. The summed E-state index contributed by atoms with van der Waals surface area (Å²) in [5.74, 6) is -0.988. The lowest BCUT2D eigenvalue weighted by Crippen LogP contribution is -2.22. The first-order valence-corrected chi connectivity index (χ1v) is 2.87. The Hall–Kier alpha value is -1.45. The van der Waals surface area contributed by atoms with Crippen LogP contribution in [0.2, 0.25) is 0 Å². The molecule has 1 N–H and O–H groups in total. The van der Waals surface area contributed by atoms with Gasteiger partial charge in [-0.15, -0.1) is 0 Å². The Balaban J connectivity index is 2.47. The van der Waals surface area contributed by atoms with Crippen molar-refractivity contribution >= 4 is 18.0 Å². The monoisotopic (exact) mass is 136 g/mol. The van der Waals surface area contributed by atoms with Crippen molar-refractivity contribution in [2.24, 2.45) is 10.9 Å². The molecule has 0 aromatic rings. The molecule has 50 valence electrons. The van der Waals surface area contributed by atoms with E-state index in [-0.39, 0.29) is 11.8 Å². The van der Waals surface area contributed by atoms with Crippen molar-refractivity contribution in [3.8, 4) is 0 Å². The third-order valence-electron chi connectivity index (χ3n) is 1.57. The number of carbonyl (C=O) groups is 2. The number of amides is 2. The number of rotatable bonds is 0. The second-order valence-electron chi connectivity index (χ2n) is 2.18. The maximum atomic E-state index is 10.8. The van der Waals surface area contributed by atoms with Crippen molar-refractivity contribution in [3.63, 3.8) is 0 Å². The van der Waals surface area contributed by atoms with E-state index in [1.165, 1.54) is 12.4 Å². The molecule has 2 aliphatic rings. The normalized spacial score (nSPS) is 28.4. The molecule has 0 aliphatic carbocycles. The fourth-order valence-electron chi connectivity index (χ4n) is 1.04. The molecule has 1 atom stereocenters. The lowest BCUT2D eigenvalue weighted by Gasteiger charge is -1.89. The number of imide groups is 1. The van der Waals surface area contributed by atoms with Gasteiger partial charge in [0.2, 0.25) is 5.91 Å². The fraction of sp³-hybridized carbons (Fsp3) is 0.167. The van der Waals surface area contributed by atoms with Gasteiger partial charge < -0.3 is 0 Å². The summed E-state index contributed by atoms with van der Waals surface area (Å²) in [5, 5.41) is 2.18. The second kappa shape index (κ2) is 1.53. The zero-order valence-corrected chi connectivity index (χ0v) is 5.00. The van der Waals surface area contributed by atoms with E-state index < -0.39 is 5.92 Å². The van der Waals surface area contributed by atoms with Crippen LogP contribution in [-0.4, -0.2) is 18.0 Å². The first kappa shape index (κ1) is 5.34. The lowest BCUT2D eigenvalue weighted by molar-refractivity contribution is -0.124.